The molecule has 0 amide bonds. The van der Waals surface area contributed by atoms with E-state index in [4.69, 9.17) is 11.6 Å². The SMILES string of the molecule is CCNC(c1cc(F)c(F)cc1Cl)c1cccc(Br)c1C. The van der Waals surface area contributed by atoms with E-state index in [1.165, 1.54) is 0 Å². The van der Waals surface area contributed by atoms with Crippen LogP contribution in [0.15, 0.2) is 34.8 Å². The van der Waals surface area contributed by atoms with Gasteiger partial charge in [0.05, 0.1) is 6.04 Å². The van der Waals surface area contributed by atoms with Gasteiger partial charge < -0.3 is 5.32 Å². The number of hydrogen-bond acceptors (Lipinski definition) is 1. The van der Waals surface area contributed by atoms with Crippen molar-refractivity contribution in [1.29, 1.82) is 0 Å². The first-order valence-electron chi connectivity index (χ1n) is 6.58. The van der Waals surface area contributed by atoms with Gasteiger partial charge in [0.25, 0.3) is 0 Å². The summed E-state index contributed by atoms with van der Waals surface area (Å²) in [5.41, 5.74) is 2.53. The van der Waals surface area contributed by atoms with Gasteiger partial charge in [0.2, 0.25) is 0 Å². The molecular formula is C16H15BrClF2N. The summed E-state index contributed by atoms with van der Waals surface area (Å²) in [7, 11) is 0. The van der Waals surface area contributed by atoms with Gasteiger partial charge in [0.15, 0.2) is 11.6 Å². The topological polar surface area (TPSA) is 12.0 Å². The molecule has 0 saturated heterocycles. The standard InChI is InChI=1S/C16H15BrClF2N/c1-3-21-16(10-5-4-6-12(17)9(10)2)11-7-14(19)15(20)8-13(11)18/h4-8,16,21H,3H2,1-2H3. The summed E-state index contributed by atoms with van der Waals surface area (Å²) in [6.07, 6.45) is 0. The molecule has 0 aliphatic carbocycles. The van der Waals surface area contributed by atoms with E-state index in [-0.39, 0.29) is 11.1 Å². The molecule has 5 heteroatoms. The molecule has 1 atom stereocenters. The van der Waals surface area contributed by atoms with E-state index >= 15 is 0 Å². The second kappa shape index (κ2) is 6.86. The zero-order valence-electron chi connectivity index (χ0n) is 11.7. The summed E-state index contributed by atoms with van der Waals surface area (Å²) in [6.45, 7) is 4.59. The van der Waals surface area contributed by atoms with Crippen LogP contribution in [-0.4, -0.2) is 6.54 Å². The van der Waals surface area contributed by atoms with Crippen molar-refractivity contribution in [3.8, 4) is 0 Å². The predicted molar refractivity (Wildman–Crippen MR) is 85.8 cm³/mol. The normalized spacial score (nSPS) is 12.5. The Bertz CT molecular complexity index is 661. The van der Waals surface area contributed by atoms with Crippen LogP contribution in [0.25, 0.3) is 0 Å². The van der Waals surface area contributed by atoms with E-state index in [0.717, 1.165) is 27.7 Å². The second-order valence-electron chi connectivity index (χ2n) is 4.73. The highest BCUT2D eigenvalue weighted by Crippen LogP contribution is 2.33. The van der Waals surface area contributed by atoms with Gasteiger partial charge in [-0.1, -0.05) is 46.6 Å². The Kier molecular flexibility index (Phi) is 5.36. The zero-order chi connectivity index (χ0) is 15.6. The minimum absolute atomic E-state index is 0.208. The molecule has 2 rings (SSSR count). The summed E-state index contributed by atoms with van der Waals surface area (Å²) in [6, 6.07) is 7.68. The van der Waals surface area contributed by atoms with E-state index in [1.54, 1.807) is 0 Å². The van der Waals surface area contributed by atoms with Crippen molar-refractivity contribution in [3.63, 3.8) is 0 Å². The molecule has 0 heterocycles. The molecule has 2 aromatic rings. The Labute approximate surface area is 136 Å². The Morgan fingerprint density at radius 1 is 1.19 bits per heavy atom. The van der Waals surface area contributed by atoms with Crippen LogP contribution in [0, 0.1) is 18.6 Å². The third kappa shape index (κ3) is 3.44. The largest absolute Gasteiger partial charge is 0.306 e. The molecule has 0 aliphatic rings. The van der Waals surface area contributed by atoms with Crippen LogP contribution >= 0.6 is 27.5 Å². The zero-order valence-corrected chi connectivity index (χ0v) is 14.0. The lowest BCUT2D eigenvalue weighted by molar-refractivity contribution is 0.504. The van der Waals surface area contributed by atoms with E-state index in [1.807, 2.05) is 32.0 Å². The van der Waals surface area contributed by atoms with Gasteiger partial charge >= 0.3 is 0 Å². The number of hydrogen-bond donors (Lipinski definition) is 1. The van der Waals surface area contributed by atoms with Crippen LogP contribution in [0.2, 0.25) is 5.02 Å². The molecular weight excluding hydrogens is 360 g/mol. The third-order valence-electron chi connectivity index (χ3n) is 3.38. The monoisotopic (exact) mass is 373 g/mol. The number of rotatable bonds is 4. The number of halogens is 4. The van der Waals surface area contributed by atoms with E-state index < -0.39 is 11.6 Å². The van der Waals surface area contributed by atoms with Crippen LogP contribution in [-0.2, 0) is 0 Å². The lowest BCUT2D eigenvalue weighted by Gasteiger charge is -2.22. The molecule has 0 spiro atoms. The number of benzene rings is 2. The van der Waals surface area contributed by atoms with Crippen LogP contribution in [0.1, 0.15) is 29.7 Å². The Morgan fingerprint density at radius 2 is 1.86 bits per heavy atom. The van der Waals surface area contributed by atoms with Crippen LogP contribution in [0.3, 0.4) is 0 Å². The molecule has 0 fully saturated rings. The molecule has 1 N–H and O–H groups in total. The fourth-order valence-corrected chi connectivity index (χ4v) is 2.93. The molecule has 0 aromatic heterocycles. The maximum atomic E-state index is 13.6. The molecule has 0 aliphatic heterocycles. The Balaban J connectivity index is 2.59. The third-order valence-corrected chi connectivity index (χ3v) is 4.57. The van der Waals surface area contributed by atoms with Crippen LogP contribution in [0.5, 0.6) is 0 Å². The fourth-order valence-electron chi connectivity index (χ4n) is 2.29. The second-order valence-corrected chi connectivity index (χ2v) is 5.99. The van der Waals surface area contributed by atoms with Gasteiger partial charge in [0.1, 0.15) is 0 Å². The van der Waals surface area contributed by atoms with Crippen molar-refractivity contribution >= 4 is 27.5 Å². The van der Waals surface area contributed by atoms with Crippen LogP contribution < -0.4 is 5.32 Å². The average molecular weight is 375 g/mol. The molecule has 112 valence electrons. The molecule has 1 nitrogen and oxygen atoms in total. The highest BCUT2D eigenvalue weighted by molar-refractivity contribution is 9.10. The summed E-state index contributed by atoms with van der Waals surface area (Å²) >= 11 is 9.60. The van der Waals surface area contributed by atoms with Gasteiger partial charge in [-0.2, -0.15) is 0 Å². The van der Waals surface area contributed by atoms with Gasteiger partial charge in [-0.25, -0.2) is 8.78 Å². The smallest absolute Gasteiger partial charge is 0.160 e. The molecule has 0 saturated carbocycles. The van der Waals surface area contributed by atoms with Gasteiger partial charge in [-0.3, -0.25) is 0 Å². The minimum atomic E-state index is -0.940. The molecule has 1 unspecified atom stereocenters. The van der Waals surface area contributed by atoms with Crippen molar-refractivity contribution in [3.05, 3.63) is 68.2 Å². The minimum Gasteiger partial charge on any atom is -0.306 e. The average Bonchev–Trinajstić information content (AvgIpc) is 2.44. The lowest BCUT2D eigenvalue weighted by Crippen LogP contribution is -2.23. The molecule has 0 radical (unpaired) electrons. The fraction of sp³-hybridized carbons (Fsp3) is 0.250. The lowest BCUT2D eigenvalue weighted by atomic mass is 9.94. The summed E-state index contributed by atoms with van der Waals surface area (Å²) < 4.78 is 27.8. The highest BCUT2D eigenvalue weighted by Gasteiger charge is 2.21. The first-order valence-corrected chi connectivity index (χ1v) is 7.75. The Morgan fingerprint density at radius 3 is 2.52 bits per heavy atom. The highest BCUT2D eigenvalue weighted by atomic mass is 79.9. The van der Waals surface area contributed by atoms with Crippen molar-refractivity contribution in [2.45, 2.75) is 19.9 Å². The maximum Gasteiger partial charge on any atom is 0.160 e. The van der Waals surface area contributed by atoms with Crippen molar-refractivity contribution in [2.24, 2.45) is 0 Å². The van der Waals surface area contributed by atoms with Crippen molar-refractivity contribution in [1.82, 2.24) is 5.32 Å². The first-order chi connectivity index (χ1) is 9.95. The van der Waals surface area contributed by atoms with E-state index in [9.17, 15) is 8.78 Å². The van der Waals surface area contributed by atoms with E-state index in [0.29, 0.717) is 12.1 Å². The summed E-state index contributed by atoms with van der Waals surface area (Å²) in [5, 5.41) is 3.48. The number of nitrogens with one attached hydrogen (secondary N) is 1. The molecule has 0 bridgehead atoms. The van der Waals surface area contributed by atoms with Gasteiger partial charge in [-0.05, 0) is 48.4 Å². The van der Waals surface area contributed by atoms with Crippen LogP contribution in [0.4, 0.5) is 8.78 Å². The predicted octanol–water partition coefficient (Wildman–Crippen LogP) is 5.39. The summed E-state index contributed by atoms with van der Waals surface area (Å²) in [5.74, 6) is -1.84. The van der Waals surface area contributed by atoms with Gasteiger partial charge in [0, 0.05) is 9.50 Å². The van der Waals surface area contributed by atoms with Crippen molar-refractivity contribution < 1.29 is 8.78 Å². The quantitative estimate of drug-likeness (QED) is 0.708. The van der Waals surface area contributed by atoms with E-state index in [2.05, 4.69) is 21.2 Å². The summed E-state index contributed by atoms with van der Waals surface area (Å²) in [4.78, 5) is 0. The van der Waals surface area contributed by atoms with Gasteiger partial charge in [-0.15, -0.1) is 0 Å². The first kappa shape index (κ1) is 16.4. The Hall–Kier alpha value is -0.970. The maximum absolute atomic E-state index is 13.6. The van der Waals surface area contributed by atoms with Crippen molar-refractivity contribution in [2.75, 3.05) is 6.54 Å². The molecule has 21 heavy (non-hydrogen) atoms. The molecule has 2 aromatic carbocycles.